The van der Waals surface area contributed by atoms with Crippen molar-refractivity contribution in [2.24, 2.45) is 0 Å². The summed E-state index contributed by atoms with van der Waals surface area (Å²) < 4.78 is 15.6. The minimum absolute atomic E-state index is 0.137. The van der Waals surface area contributed by atoms with Crippen molar-refractivity contribution in [2.45, 2.75) is 38.9 Å². The van der Waals surface area contributed by atoms with Crippen LogP contribution in [0, 0.1) is 12.7 Å². The number of carbonyl (C=O) groups is 1. The van der Waals surface area contributed by atoms with Gasteiger partial charge in [0.25, 0.3) is 5.91 Å². The van der Waals surface area contributed by atoms with E-state index in [1.807, 2.05) is 23.2 Å². The van der Waals surface area contributed by atoms with Gasteiger partial charge in [-0.1, -0.05) is 30.3 Å². The number of hydrogen-bond donors (Lipinski definition) is 0. The van der Waals surface area contributed by atoms with Gasteiger partial charge < -0.3 is 9.47 Å². The zero-order chi connectivity index (χ0) is 18.8. The molecular weight excluding hydrogens is 341 g/mol. The van der Waals surface area contributed by atoms with E-state index in [-0.39, 0.29) is 11.9 Å². The molecule has 4 rings (SSSR count). The molecule has 0 N–H and O–H groups in total. The van der Waals surface area contributed by atoms with Crippen LogP contribution in [0.4, 0.5) is 4.39 Å². The zero-order valence-electron chi connectivity index (χ0n) is 15.3. The van der Waals surface area contributed by atoms with Crippen LogP contribution in [-0.4, -0.2) is 26.4 Å². The van der Waals surface area contributed by atoms with Crippen molar-refractivity contribution >= 4 is 5.91 Å². The molecule has 3 aromatic rings. The first kappa shape index (κ1) is 17.5. The molecule has 1 amide bonds. The Hall–Kier alpha value is -2.95. The van der Waals surface area contributed by atoms with E-state index < -0.39 is 5.82 Å². The first-order valence-electron chi connectivity index (χ1n) is 9.23. The summed E-state index contributed by atoms with van der Waals surface area (Å²) >= 11 is 0. The Kier molecular flexibility index (Phi) is 4.75. The predicted molar refractivity (Wildman–Crippen MR) is 102 cm³/mol. The standard InChI is InChI=1S/C22H22FN3O/c1-16-5-2-3-6-18(16)14-25-12-11-24-21(25)15-26(20-9-10-20)22(27)17-7-4-8-19(23)13-17/h2-8,11-13,20H,9-10,14-15H2,1H3. The molecule has 1 heterocycles. The molecule has 5 heteroatoms. The fourth-order valence-electron chi connectivity index (χ4n) is 3.30. The number of rotatable bonds is 6. The van der Waals surface area contributed by atoms with Crippen LogP contribution in [-0.2, 0) is 13.1 Å². The molecule has 1 aliphatic rings. The van der Waals surface area contributed by atoms with Crippen molar-refractivity contribution < 1.29 is 9.18 Å². The molecule has 0 saturated heterocycles. The Morgan fingerprint density at radius 3 is 2.78 bits per heavy atom. The van der Waals surface area contributed by atoms with Crippen LogP contribution in [0.2, 0.25) is 0 Å². The Bertz CT molecular complexity index is 961. The van der Waals surface area contributed by atoms with Gasteiger partial charge in [0.05, 0.1) is 6.54 Å². The first-order valence-corrected chi connectivity index (χ1v) is 9.23. The molecule has 1 aliphatic carbocycles. The third-order valence-corrected chi connectivity index (χ3v) is 5.04. The van der Waals surface area contributed by atoms with E-state index in [1.165, 1.54) is 23.3 Å². The lowest BCUT2D eigenvalue weighted by atomic mass is 10.1. The number of imidazole rings is 1. The van der Waals surface area contributed by atoms with Gasteiger partial charge in [-0.15, -0.1) is 0 Å². The molecule has 2 aromatic carbocycles. The van der Waals surface area contributed by atoms with Gasteiger partial charge in [-0.25, -0.2) is 9.37 Å². The number of hydrogen-bond acceptors (Lipinski definition) is 2. The molecule has 1 aromatic heterocycles. The second-order valence-electron chi connectivity index (χ2n) is 7.07. The molecular formula is C22H22FN3O. The monoisotopic (exact) mass is 363 g/mol. The summed E-state index contributed by atoms with van der Waals surface area (Å²) in [6.45, 7) is 3.24. The summed E-state index contributed by atoms with van der Waals surface area (Å²) in [6.07, 6.45) is 5.68. The van der Waals surface area contributed by atoms with Crippen molar-refractivity contribution in [3.63, 3.8) is 0 Å². The van der Waals surface area contributed by atoms with Crippen LogP contribution in [0.15, 0.2) is 60.9 Å². The second-order valence-corrected chi connectivity index (χ2v) is 7.07. The number of amides is 1. The quantitative estimate of drug-likeness (QED) is 0.659. The second kappa shape index (κ2) is 7.35. The van der Waals surface area contributed by atoms with Crippen molar-refractivity contribution in [2.75, 3.05) is 0 Å². The minimum Gasteiger partial charge on any atom is -0.329 e. The lowest BCUT2D eigenvalue weighted by molar-refractivity contribution is 0.0723. The van der Waals surface area contributed by atoms with Crippen LogP contribution in [0.5, 0.6) is 0 Å². The summed E-state index contributed by atoms with van der Waals surface area (Å²) in [6, 6.07) is 14.4. The molecule has 138 valence electrons. The molecule has 0 bridgehead atoms. The highest BCUT2D eigenvalue weighted by Crippen LogP contribution is 2.30. The van der Waals surface area contributed by atoms with Crippen LogP contribution in [0.1, 0.15) is 40.2 Å². The summed E-state index contributed by atoms with van der Waals surface area (Å²) in [5.41, 5.74) is 2.84. The van der Waals surface area contributed by atoms with E-state index in [0.29, 0.717) is 18.7 Å². The summed E-state index contributed by atoms with van der Waals surface area (Å²) in [5, 5.41) is 0. The van der Waals surface area contributed by atoms with Crippen molar-refractivity contribution in [1.82, 2.24) is 14.5 Å². The number of aromatic nitrogens is 2. The molecule has 0 atom stereocenters. The molecule has 1 saturated carbocycles. The largest absolute Gasteiger partial charge is 0.329 e. The fraction of sp³-hybridized carbons (Fsp3) is 0.273. The van der Waals surface area contributed by atoms with Gasteiger partial charge in [-0.05, 0) is 49.1 Å². The number of aryl methyl sites for hydroxylation is 1. The van der Waals surface area contributed by atoms with Gasteiger partial charge in [-0.3, -0.25) is 4.79 Å². The Balaban J connectivity index is 1.56. The van der Waals surface area contributed by atoms with E-state index in [2.05, 4.69) is 28.6 Å². The van der Waals surface area contributed by atoms with Gasteiger partial charge in [-0.2, -0.15) is 0 Å². The summed E-state index contributed by atoms with van der Waals surface area (Å²) in [7, 11) is 0. The van der Waals surface area contributed by atoms with Gasteiger partial charge in [0, 0.05) is 30.5 Å². The van der Waals surface area contributed by atoms with Gasteiger partial charge in [0.2, 0.25) is 0 Å². The summed E-state index contributed by atoms with van der Waals surface area (Å²) in [4.78, 5) is 19.3. The third-order valence-electron chi connectivity index (χ3n) is 5.04. The number of halogens is 1. The lowest BCUT2D eigenvalue weighted by Gasteiger charge is -2.23. The fourth-order valence-corrected chi connectivity index (χ4v) is 3.30. The normalized spacial score (nSPS) is 13.6. The first-order chi connectivity index (χ1) is 13.1. The van der Waals surface area contributed by atoms with Gasteiger partial charge >= 0.3 is 0 Å². The van der Waals surface area contributed by atoms with E-state index in [9.17, 15) is 9.18 Å². The van der Waals surface area contributed by atoms with Gasteiger partial charge in [0.1, 0.15) is 11.6 Å². The van der Waals surface area contributed by atoms with Crippen LogP contribution in [0.25, 0.3) is 0 Å². The van der Waals surface area contributed by atoms with E-state index in [1.54, 1.807) is 18.3 Å². The molecule has 27 heavy (non-hydrogen) atoms. The smallest absolute Gasteiger partial charge is 0.254 e. The topological polar surface area (TPSA) is 38.1 Å². The Labute approximate surface area is 158 Å². The molecule has 0 unspecified atom stereocenters. The van der Waals surface area contributed by atoms with Crippen LogP contribution >= 0.6 is 0 Å². The SMILES string of the molecule is Cc1ccccc1Cn1ccnc1CN(C(=O)c1cccc(F)c1)C1CC1. The van der Waals surface area contributed by atoms with Crippen molar-refractivity contribution in [3.8, 4) is 0 Å². The molecule has 0 aliphatic heterocycles. The molecule has 1 fully saturated rings. The zero-order valence-corrected chi connectivity index (χ0v) is 15.3. The maximum absolute atomic E-state index is 13.5. The highest BCUT2D eigenvalue weighted by Gasteiger charge is 2.34. The summed E-state index contributed by atoms with van der Waals surface area (Å²) in [5.74, 6) is 0.315. The average molecular weight is 363 g/mol. The van der Waals surface area contributed by atoms with E-state index in [4.69, 9.17) is 0 Å². The number of nitrogens with zero attached hydrogens (tertiary/aromatic N) is 3. The predicted octanol–water partition coefficient (Wildman–Crippen LogP) is 4.18. The Morgan fingerprint density at radius 2 is 2.04 bits per heavy atom. The van der Waals surface area contributed by atoms with Crippen molar-refractivity contribution in [1.29, 1.82) is 0 Å². The van der Waals surface area contributed by atoms with E-state index >= 15 is 0 Å². The minimum atomic E-state index is -0.391. The van der Waals surface area contributed by atoms with Gasteiger partial charge in [0.15, 0.2) is 0 Å². The lowest BCUT2D eigenvalue weighted by Crippen LogP contribution is -2.33. The highest BCUT2D eigenvalue weighted by atomic mass is 19.1. The van der Waals surface area contributed by atoms with Crippen LogP contribution in [0.3, 0.4) is 0 Å². The van der Waals surface area contributed by atoms with Crippen molar-refractivity contribution in [3.05, 3.63) is 89.3 Å². The van der Waals surface area contributed by atoms with Crippen LogP contribution < -0.4 is 0 Å². The maximum Gasteiger partial charge on any atom is 0.254 e. The molecule has 4 nitrogen and oxygen atoms in total. The third kappa shape index (κ3) is 3.92. The van der Waals surface area contributed by atoms with E-state index in [0.717, 1.165) is 18.7 Å². The average Bonchev–Trinajstić information content (AvgIpc) is 3.41. The number of carbonyl (C=O) groups excluding carboxylic acids is 1. The molecule has 0 radical (unpaired) electrons. The molecule has 0 spiro atoms. The Morgan fingerprint density at radius 1 is 1.22 bits per heavy atom. The highest BCUT2D eigenvalue weighted by molar-refractivity contribution is 5.94. The maximum atomic E-state index is 13.5. The number of benzene rings is 2.